The Kier molecular flexibility index (Phi) is 4.83. The molecular formula is C17H18ClNO. The zero-order valence-electron chi connectivity index (χ0n) is 11.4. The number of hydrogen-bond donors (Lipinski definition) is 2. The standard InChI is InChI=1S/C17H18ClNO/c1-3-12(2)19-17(13-4-8-15(18)9-5-13)14-6-10-16(20)11-7-14/h3-12,17,19-20H,1H2,2H3. The van der Waals surface area contributed by atoms with E-state index in [-0.39, 0.29) is 17.8 Å². The molecule has 104 valence electrons. The quantitative estimate of drug-likeness (QED) is 0.804. The van der Waals surface area contributed by atoms with E-state index in [1.165, 1.54) is 0 Å². The van der Waals surface area contributed by atoms with Crippen LogP contribution in [0.4, 0.5) is 0 Å². The van der Waals surface area contributed by atoms with Gasteiger partial charge in [-0.15, -0.1) is 6.58 Å². The summed E-state index contributed by atoms with van der Waals surface area (Å²) < 4.78 is 0. The smallest absolute Gasteiger partial charge is 0.115 e. The van der Waals surface area contributed by atoms with Gasteiger partial charge in [-0.1, -0.05) is 41.9 Å². The minimum absolute atomic E-state index is 0.0286. The van der Waals surface area contributed by atoms with Gasteiger partial charge in [0.05, 0.1) is 6.04 Å². The topological polar surface area (TPSA) is 32.3 Å². The summed E-state index contributed by atoms with van der Waals surface area (Å²) in [5.41, 5.74) is 2.20. The Balaban J connectivity index is 2.35. The predicted molar refractivity (Wildman–Crippen MR) is 84.2 cm³/mol. The van der Waals surface area contributed by atoms with Crippen molar-refractivity contribution in [2.45, 2.75) is 19.0 Å². The molecule has 2 N–H and O–H groups in total. The van der Waals surface area contributed by atoms with Gasteiger partial charge in [-0.3, -0.25) is 0 Å². The van der Waals surface area contributed by atoms with Crippen LogP contribution in [0, 0.1) is 0 Å². The molecule has 2 unspecified atom stereocenters. The highest BCUT2D eigenvalue weighted by molar-refractivity contribution is 6.30. The number of hydrogen-bond acceptors (Lipinski definition) is 2. The lowest BCUT2D eigenvalue weighted by molar-refractivity contribution is 0.474. The molecule has 2 atom stereocenters. The van der Waals surface area contributed by atoms with Crippen LogP contribution in [-0.4, -0.2) is 11.1 Å². The first-order valence-electron chi connectivity index (χ1n) is 6.53. The first-order chi connectivity index (χ1) is 9.60. The summed E-state index contributed by atoms with van der Waals surface area (Å²) >= 11 is 5.95. The second-order valence-electron chi connectivity index (χ2n) is 4.77. The SMILES string of the molecule is C=CC(C)NC(c1ccc(O)cc1)c1ccc(Cl)cc1. The molecule has 0 aliphatic heterocycles. The van der Waals surface area contributed by atoms with E-state index in [1.54, 1.807) is 12.1 Å². The Bertz CT molecular complexity index is 517. The van der Waals surface area contributed by atoms with E-state index in [2.05, 4.69) is 18.8 Å². The number of aromatic hydroxyl groups is 1. The molecule has 0 radical (unpaired) electrons. The summed E-state index contributed by atoms with van der Waals surface area (Å²) in [4.78, 5) is 0. The van der Waals surface area contributed by atoms with E-state index in [9.17, 15) is 5.11 Å². The monoisotopic (exact) mass is 287 g/mol. The Morgan fingerprint density at radius 1 is 1.05 bits per heavy atom. The van der Waals surface area contributed by atoms with Crippen molar-refractivity contribution >= 4 is 11.6 Å². The number of phenolic OH excluding ortho intramolecular Hbond substituents is 1. The number of rotatable bonds is 5. The first kappa shape index (κ1) is 14.6. The minimum Gasteiger partial charge on any atom is -0.508 e. The van der Waals surface area contributed by atoms with Gasteiger partial charge in [-0.05, 0) is 42.3 Å². The third-order valence-corrected chi connectivity index (χ3v) is 3.46. The fourth-order valence-electron chi connectivity index (χ4n) is 2.04. The average Bonchev–Trinajstić information content (AvgIpc) is 2.46. The molecule has 2 aromatic rings. The van der Waals surface area contributed by atoms with E-state index in [4.69, 9.17) is 11.6 Å². The highest BCUT2D eigenvalue weighted by Crippen LogP contribution is 2.25. The maximum Gasteiger partial charge on any atom is 0.115 e. The Morgan fingerprint density at radius 3 is 2.05 bits per heavy atom. The van der Waals surface area contributed by atoms with Gasteiger partial charge < -0.3 is 10.4 Å². The normalized spacial score (nSPS) is 13.7. The summed E-state index contributed by atoms with van der Waals surface area (Å²) in [6, 6.07) is 15.2. The van der Waals surface area contributed by atoms with Crippen LogP contribution in [0.3, 0.4) is 0 Å². The fraction of sp³-hybridized carbons (Fsp3) is 0.176. The Hall–Kier alpha value is -1.77. The zero-order chi connectivity index (χ0) is 14.5. The summed E-state index contributed by atoms with van der Waals surface area (Å²) in [5, 5.41) is 13.6. The molecule has 20 heavy (non-hydrogen) atoms. The lowest BCUT2D eigenvalue weighted by atomic mass is 9.98. The van der Waals surface area contributed by atoms with E-state index in [0.717, 1.165) is 16.1 Å². The molecular weight excluding hydrogens is 270 g/mol. The van der Waals surface area contributed by atoms with Crippen LogP contribution in [0.2, 0.25) is 5.02 Å². The van der Waals surface area contributed by atoms with Crippen molar-refractivity contribution in [2.75, 3.05) is 0 Å². The molecule has 0 saturated carbocycles. The van der Waals surface area contributed by atoms with Crippen molar-refractivity contribution in [1.29, 1.82) is 0 Å². The van der Waals surface area contributed by atoms with E-state index in [1.807, 2.05) is 42.5 Å². The Morgan fingerprint density at radius 2 is 1.55 bits per heavy atom. The average molecular weight is 288 g/mol. The molecule has 0 fully saturated rings. The van der Waals surface area contributed by atoms with Crippen LogP contribution >= 0.6 is 11.6 Å². The van der Waals surface area contributed by atoms with Gasteiger partial charge in [0, 0.05) is 11.1 Å². The summed E-state index contributed by atoms with van der Waals surface area (Å²) in [5.74, 6) is 0.264. The fourth-order valence-corrected chi connectivity index (χ4v) is 2.16. The van der Waals surface area contributed by atoms with E-state index in [0.29, 0.717) is 0 Å². The van der Waals surface area contributed by atoms with E-state index >= 15 is 0 Å². The largest absolute Gasteiger partial charge is 0.508 e. The maximum atomic E-state index is 9.42. The minimum atomic E-state index is 0.0286. The van der Waals surface area contributed by atoms with Crippen LogP contribution in [0.5, 0.6) is 5.75 Å². The number of benzene rings is 2. The summed E-state index contributed by atoms with van der Waals surface area (Å²) in [6.45, 7) is 5.86. The van der Waals surface area contributed by atoms with Crippen molar-refractivity contribution in [3.05, 3.63) is 77.3 Å². The highest BCUT2D eigenvalue weighted by Gasteiger charge is 2.15. The lowest BCUT2D eigenvalue weighted by Gasteiger charge is -2.23. The van der Waals surface area contributed by atoms with Crippen molar-refractivity contribution < 1.29 is 5.11 Å². The van der Waals surface area contributed by atoms with Crippen LogP contribution in [0.1, 0.15) is 24.1 Å². The molecule has 0 amide bonds. The van der Waals surface area contributed by atoms with Crippen LogP contribution < -0.4 is 5.32 Å². The first-order valence-corrected chi connectivity index (χ1v) is 6.91. The molecule has 0 saturated heterocycles. The van der Waals surface area contributed by atoms with Crippen molar-refractivity contribution in [2.24, 2.45) is 0 Å². The number of phenols is 1. The van der Waals surface area contributed by atoms with Crippen molar-refractivity contribution in [1.82, 2.24) is 5.32 Å². The van der Waals surface area contributed by atoms with Gasteiger partial charge in [0.15, 0.2) is 0 Å². The van der Waals surface area contributed by atoms with Crippen LogP contribution in [0.15, 0.2) is 61.2 Å². The molecule has 0 heterocycles. The zero-order valence-corrected chi connectivity index (χ0v) is 12.1. The lowest BCUT2D eigenvalue weighted by Crippen LogP contribution is -2.29. The van der Waals surface area contributed by atoms with Crippen LogP contribution in [0.25, 0.3) is 0 Å². The molecule has 3 heteroatoms. The third kappa shape index (κ3) is 3.62. The molecule has 0 aliphatic rings. The summed E-state index contributed by atoms with van der Waals surface area (Å²) in [6.07, 6.45) is 1.86. The summed E-state index contributed by atoms with van der Waals surface area (Å²) in [7, 11) is 0. The van der Waals surface area contributed by atoms with Gasteiger partial charge in [-0.25, -0.2) is 0 Å². The number of nitrogens with one attached hydrogen (secondary N) is 1. The predicted octanol–water partition coefficient (Wildman–Crippen LogP) is 4.30. The maximum absolute atomic E-state index is 9.42. The van der Waals surface area contributed by atoms with Gasteiger partial charge in [0.25, 0.3) is 0 Å². The van der Waals surface area contributed by atoms with Gasteiger partial charge in [-0.2, -0.15) is 0 Å². The highest BCUT2D eigenvalue weighted by atomic mass is 35.5. The molecule has 0 aliphatic carbocycles. The number of halogens is 1. The van der Waals surface area contributed by atoms with Crippen molar-refractivity contribution in [3.8, 4) is 5.75 Å². The molecule has 2 rings (SSSR count). The Labute approximate surface area is 124 Å². The second-order valence-corrected chi connectivity index (χ2v) is 5.20. The van der Waals surface area contributed by atoms with Gasteiger partial charge in [0.1, 0.15) is 5.75 Å². The molecule has 0 spiro atoms. The molecule has 2 nitrogen and oxygen atoms in total. The second kappa shape index (κ2) is 6.60. The third-order valence-electron chi connectivity index (χ3n) is 3.21. The molecule has 2 aromatic carbocycles. The van der Waals surface area contributed by atoms with Gasteiger partial charge >= 0.3 is 0 Å². The van der Waals surface area contributed by atoms with Gasteiger partial charge in [0.2, 0.25) is 0 Å². The van der Waals surface area contributed by atoms with E-state index < -0.39 is 0 Å². The molecule has 0 bridgehead atoms. The van der Waals surface area contributed by atoms with Crippen LogP contribution in [-0.2, 0) is 0 Å². The van der Waals surface area contributed by atoms with Crippen molar-refractivity contribution in [3.63, 3.8) is 0 Å². The molecule has 0 aromatic heterocycles.